The summed E-state index contributed by atoms with van der Waals surface area (Å²) >= 11 is 0. The van der Waals surface area contributed by atoms with Crippen LogP contribution in [0, 0.1) is 11.8 Å². The van der Waals surface area contributed by atoms with Gasteiger partial charge in [-0.25, -0.2) is 4.98 Å². The fourth-order valence-electron chi connectivity index (χ4n) is 5.22. The molecule has 2 aromatic heterocycles. The van der Waals surface area contributed by atoms with E-state index < -0.39 is 11.7 Å². The van der Waals surface area contributed by atoms with Gasteiger partial charge in [-0.1, -0.05) is 23.8 Å². The lowest BCUT2D eigenvalue weighted by Gasteiger charge is -2.24. The Balaban J connectivity index is 1.12. The molecule has 1 amide bonds. The monoisotopic (exact) mass is 493 g/mol. The molecule has 2 heterocycles. The highest BCUT2D eigenvalue weighted by molar-refractivity contribution is 5.94. The number of amides is 1. The van der Waals surface area contributed by atoms with Crippen LogP contribution in [0.3, 0.4) is 0 Å². The third-order valence-electron chi connectivity index (χ3n) is 6.98. The summed E-state index contributed by atoms with van der Waals surface area (Å²) in [5, 5.41) is 3.18. The number of halogens is 3. The zero-order valence-corrected chi connectivity index (χ0v) is 19.5. The highest BCUT2D eigenvalue weighted by Crippen LogP contribution is 2.48. The summed E-state index contributed by atoms with van der Waals surface area (Å²) in [7, 11) is 0. The van der Waals surface area contributed by atoms with Gasteiger partial charge in [-0.05, 0) is 79.8 Å². The van der Waals surface area contributed by atoms with E-state index in [1.54, 1.807) is 30.6 Å². The van der Waals surface area contributed by atoms with Crippen LogP contribution in [-0.2, 0) is 12.6 Å². The summed E-state index contributed by atoms with van der Waals surface area (Å²) in [6.45, 7) is 0. The minimum absolute atomic E-state index is 0.0558. The van der Waals surface area contributed by atoms with E-state index in [2.05, 4.69) is 21.4 Å². The summed E-state index contributed by atoms with van der Waals surface area (Å²) in [5.41, 5.74) is 2.35. The van der Waals surface area contributed by atoms with Crippen LogP contribution >= 0.6 is 0 Å². The first-order chi connectivity index (χ1) is 17.3. The number of allylic oxidation sites excluding steroid dienone is 2. The molecule has 1 N–H and O–H groups in total. The average Bonchev–Trinajstić information content (AvgIpc) is 3.45. The molecule has 8 heteroatoms. The van der Waals surface area contributed by atoms with E-state index in [0.29, 0.717) is 23.1 Å². The van der Waals surface area contributed by atoms with Gasteiger partial charge in [0, 0.05) is 30.7 Å². The van der Waals surface area contributed by atoms with Gasteiger partial charge in [-0.15, -0.1) is 0 Å². The fraction of sp³-hybridized carbons (Fsp3) is 0.321. The molecule has 0 radical (unpaired) electrons. The molecule has 1 aromatic carbocycles. The van der Waals surface area contributed by atoms with E-state index in [-0.39, 0.29) is 17.8 Å². The molecule has 2 aliphatic rings. The number of rotatable bonds is 7. The lowest BCUT2D eigenvalue weighted by Crippen LogP contribution is -2.38. The van der Waals surface area contributed by atoms with Gasteiger partial charge in [0.1, 0.15) is 5.75 Å². The van der Waals surface area contributed by atoms with Crippen molar-refractivity contribution in [3.63, 3.8) is 0 Å². The molecular weight excluding hydrogens is 467 g/mol. The Morgan fingerprint density at radius 1 is 1.11 bits per heavy atom. The predicted octanol–water partition coefficient (Wildman–Crippen LogP) is 6.38. The zero-order chi connectivity index (χ0) is 25.1. The van der Waals surface area contributed by atoms with Gasteiger partial charge in [0.05, 0.1) is 11.1 Å². The van der Waals surface area contributed by atoms with Crippen LogP contribution in [0.2, 0.25) is 0 Å². The first-order valence-electron chi connectivity index (χ1n) is 12.0. The largest absolute Gasteiger partial charge is 0.439 e. The van der Waals surface area contributed by atoms with Gasteiger partial charge in [0.25, 0.3) is 5.91 Å². The number of fused-ring (bicyclic) bond motifs is 2. The third kappa shape index (κ3) is 5.58. The summed E-state index contributed by atoms with van der Waals surface area (Å²) in [6.07, 6.45) is 6.77. The maximum Gasteiger partial charge on any atom is 0.417 e. The van der Waals surface area contributed by atoms with Crippen LogP contribution in [0.1, 0.15) is 47.2 Å². The lowest BCUT2D eigenvalue weighted by molar-refractivity contribution is -0.137. The Labute approximate surface area is 207 Å². The average molecular weight is 494 g/mol. The van der Waals surface area contributed by atoms with Gasteiger partial charge in [-0.2, -0.15) is 13.2 Å². The maximum absolute atomic E-state index is 12.7. The quantitative estimate of drug-likeness (QED) is 0.388. The smallest absolute Gasteiger partial charge is 0.417 e. The van der Waals surface area contributed by atoms with Crippen molar-refractivity contribution in [1.29, 1.82) is 0 Å². The number of alkyl halides is 3. The minimum Gasteiger partial charge on any atom is -0.439 e. The number of carbonyl (C=O) groups excluding carboxylic acids is 1. The summed E-state index contributed by atoms with van der Waals surface area (Å²) in [6, 6.07) is 13.5. The van der Waals surface area contributed by atoms with Crippen LogP contribution in [0.4, 0.5) is 13.2 Å². The fourth-order valence-corrected chi connectivity index (χ4v) is 5.22. The number of aryl methyl sites for hydroxylation is 1. The summed E-state index contributed by atoms with van der Waals surface area (Å²) in [4.78, 5) is 20.2. The topological polar surface area (TPSA) is 64.1 Å². The molecule has 0 saturated heterocycles. The number of hydrogen-bond donors (Lipinski definition) is 1. The van der Waals surface area contributed by atoms with Crippen molar-refractivity contribution in [1.82, 2.24) is 15.3 Å². The van der Waals surface area contributed by atoms with Crippen molar-refractivity contribution < 1.29 is 22.7 Å². The molecule has 3 aromatic rings. The SMILES string of the molecule is O=C(NC1CC2CC1C/C2=C/CCc1cccc(Oc2ccc(C(F)(F)F)cn2)c1)c1cccnc1. The number of carbonyl (C=O) groups is 1. The van der Waals surface area contributed by atoms with Crippen molar-refractivity contribution >= 4 is 5.91 Å². The zero-order valence-electron chi connectivity index (χ0n) is 19.5. The first-order valence-corrected chi connectivity index (χ1v) is 12.0. The van der Waals surface area contributed by atoms with Gasteiger partial charge in [-0.3, -0.25) is 9.78 Å². The van der Waals surface area contributed by atoms with Crippen molar-refractivity contribution in [2.75, 3.05) is 0 Å². The molecule has 5 rings (SSSR count). The molecule has 5 nitrogen and oxygen atoms in total. The summed E-state index contributed by atoms with van der Waals surface area (Å²) in [5.74, 6) is 1.61. The van der Waals surface area contributed by atoms with Gasteiger partial charge >= 0.3 is 6.18 Å². The van der Waals surface area contributed by atoms with E-state index in [9.17, 15) is 18.0 Å². The molecule has 36 heavy (non-hydrogen) atoms. The number of nitrogens with zero attached hydrogens (tertiary/aromatic N) is 2. The second kappa shape index (κ2) is 10.1. The van der Waals surface area contributed by atoms with Crippen molar-refractivity contribution in [2.24, 2.45) is 11.8 Å². The highest BCUT2D eigenvalue weighted by atomic mass is 19.4. The molecule has 2 saturated carbocycles. The Morgan fingerprint density at radius 2 is 2.00 bits per heavy atom. The maximum atomic E-state index is 12.7. The molecule has 3 unspecified atom stereocenters. The number of pyridine rings is 2. The standard InChI is InChI=1S/C28H26F3N3O2/c29-28(30,31)23-9-10-26(33-17-23)36-24-8-2-5-18(12-24)4-1-6-19-13-22-14-21(19)15-25(22)34-27(35)20-7-3-11-32-16-20/h2-3,5-12,16-17,21-22,25H,1,4,13-15H2,(H,34,35)/b19-6-. The second-order valence-corrected chi connectivity index (χ2v) is 9.40. The Kier molecular flexibility index (Phi) is 6.76. The number of aromatic nitrogens is 2. The van der Waals surface area contributed by atoms with Crippen molar-refractivity contribution in [3.8, 4) is 11.6 Å². The molecule has 0 spiro atoms. The van der Waals surface area contributed by atoms with Crippen LogP contribution in [0.5, 0.6) is 11.6 Å². The molecule has 2 fully saturated rings. The van der Waals surface area contributed by atoms with E-state index in [0.717, 1.165) is 49.9 Å². The van der Waals surface area contributed by atoms with Gasteiger partial charge in [0.15, 0.2) is 0 Å². The van der Waals surface area contributed by atoms with Crippen LogP contribution in [0.25, 0.3) is 0 Å². The minimum atomic E-state index is -4.42. The molecule has 0 aliphatic heterocycles. The third-order valence-corrected chi connectivity index (χ3v) is 6.98. The number of hydrogen-bond acceptors (Lipinski definition) is 4. The van der Waals surface area contributed by atoms with E-state index in [1.807, 2.05) is 18.2 Å². The molecular formula is C28H26F3N3O2. The Bertz CT molecular complexity index is 1240. The molecule has 186 valence electrons. The van der Waals surface area contributed by atoms with E-state index in [4.69, 9.17) is 4.74 Å². The normalized spacial score (nSPS) is 22.1. The highest BCUT2D eigenvalue weighted by Gasteiger charge is 2.43. The van der Waals surface area contributed by atoms with Gasteiger partial charge < -0.3 is 10.1 Å². The molecule has 2 aliphatic carbocycles. The van der Waals surface area contributed by atoms with Crippen LogP contribution < -0.4 is 10.1 Å². The number of benzene rings is 1. The van der Waals surface area contributed by atoms with Crippen molar-refractivity contribution in [3.05, 3.63) is 95.5 Å². The molecule has 2 bridgehead atoms. The van der Waals surface area contributed by atoms with Gasteiger partial charge in [0.2, 0.25) is 5.88 Å². The second-order valence-electron chi connectivity index (χ2n) is 9.40. The Hall–Kier alpha value is -3.68. The Morgan fingerprint density at radius 3 is 2.69 bits per heavy atom. The first kappa shape index (κ1) is 24.0. The number of ether oxygens (including phenoxy) is 1. The number of nitrogens with one attached hydrogen (secondary N) is 1. The molecule has 3 atom stereocenters. The lowest BCUT2D eigenvalue weighted by atomic mass is 9.89. The van der Waals surface area contributed by atoms with Crippen LogP contribution in [0.15, 0.2) is 78.8 Å². The van der Waals surface area contributed by atoms with Crippen molar-refractivity contribution in [2.45, 2.75) is 44.3 Å². The van der Waals surface area contributed by atoms with E-state index in [1.165, 1.54) is 11.6 Å². The summed E-state index contributed by atoms with van der Waals surface area (Å²) < 4.78 is 43.8. The van der Waals surface area contributed by atoms with Crippen LogP contribution in [-0.4, -0.2) is 21.9 Å². The predicted molar refractivity (Wildman–Crippen MR) is 128 cm³/mol. The van der Waals surface area contributed by atoms with E-state index >= 15 is 0 Å².